The second-order valence-corrected chi connectivity index (χ2v) is 2.65. The molecule has 0 amide bonds. The van der Waals surface area contributed by atoms with Gasteiger partial charge in [-0.2, -0.15) is 15.0 Å². The standard InChI is InChI=1S/C7H12ClN5/c1-3-9-6-11-5(8)12-7(13-6)10-4-2/h3-4H2,1-2H3,(H2,9,10,11,12,13)/i5+2,6+2,7+2. The summed E-state index contributed by atoms with van der Waals surface area (Å²) in [5, 5.41) is 6.12. The lowest BCUT2D eigenvalue weighted by Gasteiger charge is -2.04. The number of aromatic nitrogens is 3. The van der Waals surface area contributed by atoms with Crippen LogP contribution in [0.15, 0.2) is 0 Å². The van der Waals surface area contributed by atoms with Crippen LogP contribution in [0.2, 0.25) is 5.28 Å². The molecule has 6 heteroatoms. The van der Waals surface area contributed by atoms with E-state index in [1.54, 1.807) is 0 Å². The van der Waals surface area contributed by atoms with Gasteiger partial charge in [0.1, 0.15) is 0 Å². The highest BCUT2D eigenvalue weighted by molar-refractivity contribution is 6.28. The molecule has 72 valence electrons. The lowest BCUT2D eigenvalue weighted by molar-refractivity contribution is 0.999. The van der Waals surface area contributed by atoms with Crippen molar-refractivity contribution in [2.45, 2.75) is 13.8 Å². The Hall–Kier alpha value is -1.10. The fourth-order valence-corrected chi connectivity index (χ4v) is 0.985. The van der Waals surface area contributed by atoms with Gasteiger partial charge in [-0.1, -0.05) is 0 Å². The predicted molar refractivity (Wildman–Crippen MR) is 53.2 cm³/mol. The van der Waals surface area contributed by atoms with Crippen LogP contribution in [0.3, 0.4) is 0 Å². The average Bonchev–Trinajstić information content (AvgIpc) is 2.04. The molecule has 0 radical (unpaired) electrons. The van der Waals surface area contributed by atoms with Crippen LogP contribution in [0.1, 0.15) is 13.8 Å². The lowest BCUT2D eigenvalue weighted by Crippen LogP contribution is -2.08. The van der Waals surface area contributed by atoms with Gasteiger partial charge in [-0.25, -0.2) is 0 Å². The summed E-state index contributed by atoms with van der Waals surface area (Å²) in [5.74, 6) is 0.997. The molecule has 2 N–H and O–H groups in total. The second-order valence-electron chi connectivity index (χ2n) is 2.31. The summed E-state index contributed by atoms with van der Waals surface area (Å²) in [7, 11) is 0. The first-order valence-electron chi connectivity index (χ1n) is 4.15. The van der Waals surface area contributed by atoms with E-state index in [9.17, 15) is 0 Å². The Morgan fingerprint density at radius 2 is 1.46 bits per heavy atom. The largest absolute Gasteiger partial charge is 0.354 e. The zero-order valence-corrected chi connectivity index (χ0v) is 8.39. The van der Waals surface area contributed by atoms with Crippen LogP contribution in [0, 0.1) is 0 Å². The van der Waals surface area contributed by atoms with Gasteiger partial charge in [-0.05, 0) is 25.4 Å². The Bertz CT molecular complexity index is 253. The van der Waals surface area contributed by atoms with Crippen LogP contribution >= 0.6 is 11.6 Å². The van der Waals surface area contributed by atoms with Gasteiger partial charge in [0.05, 0.1) is 0 Å². The van der Waals surface area contributed by atoms with Gasteiger partial charge in [-0.15, -0.1) is 0 Å². The molecule has 13 heavy (non-hydrogen) atoms. The monoisotopic (exact) mass is 207 g/mol. The highest BCUT2D eigenvalue weighted by atomic mass is 35.5. The third-order valence-electron chi connectivity index (χ3n) is 1.28. The molecule has 0 saturated heterocycles. The zero-order chi connectivity index (χ0) is 9.68. The van der Waals surface area contributed by atoms with Crippen molar-refractivity contribution in [3.8, 4) is 0 Å². The van der Waals surface area contributed by atoms with Crippen molar-refractivity contribution < 1.29 is 0 Å². The van der Waals surface area contributed by atoms with E-state index >= 15 is 0 Å². The van der Waals surface area contributed by atoms with Crippen molar-refractivity contribution in [3.63, 3.8) is 0 Å². The fraction of sp³-hybridized carbons (Fsp3) is 0.571. The van der Waals surface area contributed by atoms with Gasteiger partial charge in [-0.3, -0.25) is 0 Å². The van der Waals surface area contributed by atoms with E-state index in [1.165, 1.54) is 0 Å². The topological polar surface area (TPSA) is 62.7 Å². The summed E-state index contributed by atoms with van der Waals surface area (Å²) in [5.41, 5.74) is 0. The molecule has 0 spiro atoms. The number of halogens is 1. The Labute approximate surface area is 82.0 Å². The van der Waals surface area contributed by atoms with Crippen molar-refractivity contribution in [1.29, 1.82) is 0 Å². The van der Waals surface area contributed by atoms with Crippen molar-refractivity contribution in [2.24, 2.45) is 0 Å². The minimum absolute atomic E-state index is 0.196. The molecule has 0 saturated carbocycles. The number of anilines is 2. The van der Waals surface area contributed by atoms with E-state index in [4.69, 9.17) is 11.6 Å². The molecule has 1 rings (SSSR count). The van der Waals surface area contributed by atoms with Gasteiger partial charge >= 0.3 is 0 Å². The number of nitrogens with one attached hydrogen (secondary N) is 2. The Morgan fingerprint density at radius 1 is 1.00 bits per heavy atom. The highest BCUT2D eigenvalue weighted by Crippen LogP contribution is 2.08. The number of hydrogen-bond donors (Lipinski definition) is 2. The maximum Gasteiger partial charge on any atom is 0.228 e. The van der Waals surface area contributed by atoms with Crippen molar-refractivity contribution in [1.82, 2.24) is 15.0 Å². The predicted octanol–water partition coefficient (Wildman–Crippen LogP) is 1.39. The van der Waals surface area contributed by atoms with Crippen LogP contribution in [0.5, 0.6) is 0 Å². The average molecular weight is 208 g/mol. The van der Waals surface area contributed by atoms with Crippen LogP contribution in [0.4, 0.5) is 11.9 Å². The van der Waals surface area contributed by atoms with E-state index in [0.717, 1.165) is 13.1 Å². The first kappa shape index (κ1) is 9.98. The number of rotatable bonds is 4. The Kier molecular flexibility index (Phi) is 3.70. The van der Waals surface area contributed by atoms with Crippen LogP contribution in [-0.2, 0) is 0 Å². The summed E-state index contributed by atoms with van der Waals surface area (Å²) in [6.45, 7) is 5.44. The smallest absolute Gasteiger partial charge is 0.228 e. The summed E-state index contributed by atoms with van der Waals surface area (Å²) >= 11 is 5.68. The minimum Gasteiger partial charge on any atom is -0.354 e. The SMILES string of the molecule is CCN[14c]1n[14c](Cl)n[14c](NCC)n1. The van der Waals surface area contributed by atoms with Gasteiger partial charge in [0, 0.05) is 13.1 Å². The molecule has 0 aliphatic rings. The quantitative estimate of drug-likeness (QED) is 0.781. The van der Waals surface area contributed by atoms with Crippen molar-refractivity contribution in [3.05, 3.63) is 5.28 Å². The molecule has 1 aromatic heterocycles. The van der Waals surface area contributed by atoms with E-state index in [1.807, 2.05) is 13.8 Å². The summed E-state index contributed by atoms with van der Waals surface area (Å²) in [6.07, 6.45) is 0. The first-order valence-corrected chi connectivity index (χ1v) is 4.53. The summed E-state index contributed by atoms with van der Waals surface area (Å²) in [6, 6.07) is 0. The van der Waals surface area contributed by atoms with E-state index < -0.39 is 0 Å². The molecule has 0 aliphatic carbocycles. The third kappa shape index (κ3) is 3.02. The fourth-order valence-electron chi connectivity index (χ4n) is 0.824. The molecular weight excluding hydrogens is 196 g/mol. The van der Waals surface area contributed by atoms with Crippen LogP contribution in [0.25, 0.3) is 0 Å². The molecule has 0 atom stereocenters. The first-order chi connectivity index (χ1) is 6.26. The second kappa shape index (κ2) is 4.81. The molecule has 0 aromatic carbocycles. The Morgan fingerprint density at radius 3 is 1.85 bits per heavy atom. The summed E-state index contributed by atoms with van der Waals surface area (Å²) < 4.78 is 0. The van der Waals surface area contributed by atoms with E-state index in [0.29, 0.717) is 11.9 Å². The number of hydrogen-bond acceptors (Lipinski definition) is 5. The molecule has 0 aliphatic heterocycles. The van der Waals surface area contributed by atoms with Gasteiger partial charge < -0.3 is 10.6 Å². The van der Waals surface area contributed by atoms with Crippen molar-refractivity contribution in [2.75, 3.05) is 23.7 Å². The highest BCUT2D eigenvalue weighted by Gasteiger charge is 2.01. The molecule has 5 nitrogen and oxygen atoms in total. The third-order valence-corrected chi connectivity index (χ3v) is 1.45. The Balaban J connectivity index is 2.83. The molecular formula is C7H12ClN5. The van der Waals surface area contributed by atoms with Gasteiger partial charge in [0.25, 0.3) is 0 Å². The van der Waals surface area contributed by atoms with Crippen molar-refractivity contribution >= 4 is 23.5 Å². The minimum atomic E-state index is 0.196. The molecule has 0 fully saturated rings. The van der Waals surface area contributed by atoms with Gasteiger partial charge in [0.2, 0.25) is 17.2 Å². The molecule has 1 heterocycles. The lowest BCUT2D eigenvalue weighted by atomic mass is 10.8. The normalized spacial score (nSPS) is 9.77. The maximum atomic E-state index is 5.68. The van der Waals surface area contributed by atoms with E-state index in [2.05, 4.69) is 25.6 Å². The molecule has 1 aromatic rings. The van der Waals surface area contributed by atoms with Crippen LogP contribution in [-0.4, -0.2) is 28.0 Å². The zero-order valence-electron chi connectivity index (χ0n) is 7.63. The maximum absolute atomic E-state index is 5.68. The van der Waals surface area contributed by atoms with E-state index in [-0.39, 0.29) is 5.28 Å². The molecule has 0 bridgehead atoms. The summed E-state index contributed by atoms with van der Waals surface area (Å²) in [4.78, 5) is 11.9. The van der Waals surface area contributed by atoms with Crippen LogP contribution < -0.4 is 10.6 Å². The number of nitrogens with zero attached hydrogens (tertiary/aromatic N) is 3. The molecule has 0 unspecified atom stereocenters. The van der Waals surface area contributed by atoms with Gasteiger partial charge in [0.15, 0.2) is 0 Å².